The van der Waals surface area contributed by atoms with Gasteiger partial charge < -0.3 is 24.8 Å². The Balaban J connectivity index is 1.79. The Morgan fingerprint density at radius 3 is 2.81 bits per heavy atom. The number of esters is 1. The first kappa shape index (κ1) is 19.3. The molecule has 0 aromatic heterocycles. The molecule has 2 heterocycles. The van der Waals surface area contributed by atoms with Crippen molar-refractivity contribution in [2.45, 2.75) is 45.0 Å². The first-order valence-electron chi connectivity index (χ1n) is 8.92. The van der Waals surface area contributed by atoms with Gasteiger partial charge in [-0.2, -0.15) is 0 Å². The van der Waals surface area contributed by atoms with Crippen molar-refractivity contribution in [2.24, 2.45) is 0 Å². The van der Waals surface area contributed by atoms with Crippen molar-refractivity contribution in [1.29, 1.82) is 0 Å². The molecule has 2 aliphatic heterocycles. The SMILES string of the molecule is CC(C)(C)OC(=O)[C@H](O)[C@H]1OCCN(c2ccc3c(c2)CCNC3=O)C1=O. The second-order valence-electron chi connectivity index (χ2n) is 7.61. The van der Waals surface area contributed by atoms with E-state index >= 15 is 0 Å². The lowest BCUT2D eigenvalue weighted by molar-refractivity contribution is -0.177. The molecule has 2 N–H and O–H groups in total. The number of aliphatic hydroxyl groups is 1. The lowest BCUT2D eigenvalue weighted by atomic mass is 9.99. The van der Waals surface area contributed by atoms with Crippen molar-refractivity contribution in [3.63, 3.8) is 0 Å². The van der Waals surface area contributed by atoms with Crippen LogP contribution in [0, 0.1) is 0 Å². The highest BCUT2D eigenvalue weighted by Crippen LogP contribution is 2.25. The Bertz CT molecular complexity index is 770. The summed E-state index contributed by atoms with van der Waals surface area (Å²) in [7, 11) is 0. The smallest absolute Gasteiger partial charge is 0.338 e. The minimum atomic E-state index is -1.71. The molecule has 3 rings (SSSR count). The molecule has 0 radical (unpaired) electrons. The van der Waals surface area contributed by atoms with Crippen LogP contribution in [0.4, 0.5) is 5.69 Å². The highest BCUT2D eigenvalue weighted by molar-refractivity contribution is 6.01. The van der Waals surface area contributed by atoms with Crippen molar-refractivity contribution >= 4 is 23.5 Å². The minimum Gasteiger partial charge on any atom is -0.458 e. The number of nitrogens with zero attached hydrogens (tertiary/aromatic N) is 1. The fourth-order valence-electron chi connectivity index (χ4n) is 3.16. The molecule has 0 saturated carbocycles. The van der Waals surface area contributed by atoms with E-state index in [-0.39, 0.29) is 12.5 Å². The van der Waals surface area contributed by atoms with Crippen LogP contribution in [-0.2, 0) is 25.5 Å². The van der Waals surface area contributed by atoms with Gasteiger partial charge in [-0.3, -0.25) is 9.59 Å². The normalized spacial score (nSPS) is 21.3. The summed E-state index contributed by atoms with van der Waals surface area (Å²) < 4.78 is 10.5. The number of rotatable bonds is 3. The molecule has 0 bridgehead atoms. The Morgan fingerprint density at radius 2 is 2.11 bits per heavy atom. The molecule has 0 aliphatic carbocycles. The van der Waals surface area contributed by atoms with Gasteiger partial charge in [-0.25, -0.2) is 4.79 Å². The van der Waals surface area contributed by atoms with Gasteiger partial charge in [0.2, 0.25) is 0 Å². The molecule has 1 aromatic carbocycles. The zero-order valence-corrected chi connectivity index (χ0v) is 15.7. The zero-order chi connectivity index (χ0) is 19.8. The number of hydrogen-bond acceptors (Lipinski definition) is 6. The standard InChI is InChI=1S/C19H24N2O6/c1-19(2,3)27-18(25)14(22)15-17(24)21(8-9-26-15)12-4-5-13-11(10-12)6-7-20-16(13)23/h4-5,10,14-15,22H,6-9H2,1-3H3,(H,20,23)/t14-,15-/m1/s1. The predicted octanol–water partition coefficient (Wildman–Crippen LogP) is 0.407. The lowest BCUT2D eigenvalue weighted by Crippen LogP contribution is -2.55. The molecule has 1 aromatic rings. The summed E-state index contributed by atoms with van der Waals surface area (Å²) in [6.07, 6.45) is -2.35. The largest absolute Gasteiger partial charge is 0.458 e. The third-order valence-electron chi connectivity index (χ3n) is 4.38. The van der Waals surface area contributed by atoms with Gasteiger partial charge in [0.05, 0.1) is 6.61 Å². The topological polar surface area (TPSA) is 105 Å². The van der Waals surface area contributed by atoms with Crippen LogP contribution in [0.25, 0.3) is 0 Å². The maximum atomic E-state index is 12.8. The fourth-order valence-corrected chi connectivity index (χ4v) is 3.16. The van der Waals surface area contributed by atoms with E-state index in [2.05, 4.69) is 5.32 Å². The molecule has 8 heteroatoms. The van der Waals surface area contributed by atoms with Crippen LogP contribution >= 0.6 is 0 Å². The number of aliphatic hydroxyl groups excluding tert-OH is 1. The number of ether oxygens (including phenoxy) is 2. The number of nitrogens with one attached hydrogen (secondary N) is 1. The van der Waals surface area contributed by atoms with Crippen LogP contribution in [0.15, 0.2) is 18.2 Å². The van der Waals surface area contributed by atoms with Crippen molar-refractivity contribution in [2.75, 3.05) is 24.6 Å². The zero-order valence-electron chi connectivity index (χ0n) is 15.7. The summed E-state index contributed by atoms with van der Waals surface area (Å²) in [5.41, 5.74) is 1.28. The van der Waals surface area contributed by atoms with Crippen LogP contribution in [0.3, 0.4) is 0 Å². The van der Waals surface area contributed by atoms with Gasteiger partial charge in [-0.1, -0.05) is 0 Å². The van der Waals surface area contributed by atoms with Crippen LogP contribution in [0.5, 0.6) is 0 Å². The Hall–Kier alpha value is -2.45. The molecule has 2 atom stereocenters. The van der Waals surface area contributed by atoms with E-state index in [9.17, 15) is 19.5 Å². The second-order valence-corrected chi connectivity index (χ2v) is 7.61. The molecular weight excluding hydrogens is 352 g/mol. The molecule has 27 heavy (non-hydrogen) atoms. The van der Waals surface area contributed by atoms with Crippen molar-refractivity contribution in [1.82, 2.24) is 5.32 Å². The summed E-state index contributed by atoms with van der Waals surface area (Å²) in [6.45, 7) is 6.05. The third kappa shape index (κ3) is 4.12. The van der Waals surface area contributed by atoms with Gasteiger partial charge in [0.15, 0.2) is 12.2 Å². The Labute approximate surface area is 157 Å². The summed E-state index contributed by atoms with van der Waals surface area (Å²) in [6, 6.07) is 5.17. The van der Waals surface area contributed by atoms with Crippen LogP contribution in [-0.4, -0.2) is 60.4 Å². The third-order valence-corrected chi connectivity index (χ3v) is 4.38. The van der Waals surface area contributed by atoms with E-state index in [1.807, 2.05) is 0 Å². The van der Waals surface area contributed by atoms with Gasteiger partial charge in [0.25, 0.3) is 11.8 Å². The summed E-state index contributed by atoms with van der Waals surface area (Å²) in [5, 5.41) is 13.0. The Kier molecular flexibility index (Phi) is 5.21. The molecule has 146 valence electrons. The molecule has 8 nitrogen and oxygen atoms in total. The molecule has 1 fully saturated rings. The molecule has 2 amide bonds. The number of fused-ring (bicyclic) bond motifs is 1. The summed E-state index contributed by atoms with van der Waals surface area (Å²) in [5.74, 6) is -1.54. The monoisotopic (exact) mass is 376 g/mol. The van der Waals surface area contributed by atoms with Crippen LogP contribution in [0.1, 0.15) is 36.7 Å². The van der Waals surface area contributed by atoms with Crippen molar-refractivity contribution in [3.8, 4) is 0 Å². The summed E-state index contributed by atoms with van der Waals surface area (Å²) >= 11 is 0. The highest BCUT2D eigenvalue weighted by Gasteiger charge is 2.41. The average molecular weight is 376 g/mol. The van der Waals surface area contributed by atoms with E-state index in [1.165, 1.54) is 4.90 Å². The summed E-state index contributed by atoms with van der Waals surface area (Å²) in [4.78, 5) is 38.3. The maximum Gasteiger partial charge on any atom is 0.338 e. The molecular formula is C19H24N2O6. The first-order valence-corrected chi connectivity index (χ1v) is 8.92. The molecule has 2 aliphatic rings. The fraction of sp³-hybridized carbons (Fsp3) is 0.526. The van der Waals surface area contributed by atoms with Crippen LogP contribution < -0.4 is 10.2 Å². The molecule has 0 unspecified atom stereocenters. The molecule has 1 saturated heterocycles. The van der Waals surface area contributed by atoms with Gasteiger partial charge in [0, 0.05) is 24.3 Å². The minimum absolute atomic E-state index is 0.130. The lowest BCUT2D eigenvalue weighted by Gasteiger charge is -2.35. The number of anilines is 1. The van der Waals surface area contributed by atoms with E-state index in [0.29, 0.717) is 30.8 Å². The van der Waals surface area contributed by atoms with Gasteiger partial charge in [0.1, 0.15) is 5.60 Å². The van der Waals surface area contributed by atoms with E-state index in [0.717, 1.165) is 5.56 Å². The number of carbonyl (C=O) groups is 3. The second kappa shape index (κ2) is 7.28. The van der Waals surface area contributed by atoms with E-state index in [4.69, 9.17) is 9.47 Å². The quantitative estimate of drug-likeness (QED) is 0.740. The van der Waals surface area contributed by atoms with Crippen LogP contribution in [0.2, 0.25) is 0 Å². The average Bonchev–Trinajstić information content (AvgIpc) is 2.60. The van der Waals surface area contributed by atoms with Crippen molar-refractivity contribution < 1.29 is 29.0 Å². The number of carbonyl (C=O) groups excluding carboxylic acids is 3. The molecule has 0 spiro atoms. The number of benzene rings is 1. The first-order chi connectivity index (χ1) is 12.7. The number of hydrogen-bond donors (Lipinski definition) is 2. The van der Waals surface area contributed by atoms with Gasteiger partial charge in [-0.05, 0) is 51.0 Å². The predicted molar refractivity (Wildman–Crippen MR) is 96.4 cm³/mol. The van der Waals surface area contributed by atoms with Gasteiger partial charge in [-0.15, -0.1) is 0 Å². The van der Waals surface area contributed by atoms with Gasteiger partial charge >= 0.3 is 5.97 Å². The number of amides is 2. The number of morpholine rings is 1. The van der Waals surface area contributed by atoms with E-state index in [1.54, 1.807) is 39.0 Å². The highest BCUT2D eigenvalue weighted by atomic mass is 16.6. The maximum absolute atomic E-state index is 12.8. The Morgan fingerprint density at radius 1 is 1.37 bits per heavy atom. The van der Waals surface area contributed by atoms with E-state index < -0.39 is 29.7 Å². The van der Waals surface area contributed by atoms with Crippen molar-refractivity contribution in [3.05, 3.63) is 29.3 Å².